The second kappa shape index (κ2) is 5.73. The summed E-state index contributed by atoms with van der Waals surface area (Å²) in [5, 5.41) is 3.18. The van der Waals surface area contributed by atoms with Crippen LogP contribution in [0.4, 0.5) is 4.39 Å². The van der Waals surface area contributed by atoms with Crippen molar-refractivity contribution in [3.63, 3.8) is 0 Å². The number of hydrogen-bond donors (Lipinski definition) is 1. The molecular weight excluding hydrogens is 181 g/mol. The molecule has 0 saturated carbocycles. The second-order valence-electron chi connectivity index (χ2n) is 3.33. The summed E-state index contributed by atoms with van der Waals surface area (Å²) in [4.78, 5) is 0. The van der Waals surface area contributed by atoms with Crippen molar-refractivity contribution in [1.29, 1.82) is 0 Å². The maximum absolute atomic E-state index is 13.2. The molecule has 1 aromatic carbocycles. The van der Waals surface area contributed by atoms with Crippen LogP contribution >= 0.6 is 0 Å². The molecule has 0 fully saturated rings. The largest absolute Gasteiger partial charge is 0.383 e. The Hall–Kier alpha value is -0.930. The number of hydrogen-bond acceptors (Lipinski definition) is 2. The van der Waals surface area contributed by atoms with Crippen LogP contribution < -0.4 is 5.32 Å². The number of nitrogens with one attached hydrogen (secondary N) is 1. The van der Waals surface area contributed by atoms with Gasteiger partial charge in [-0.2, -0.15) is 0 Å². The highest BCUT2D eigenvalue weighted by atomic mass is 19.1. The van der Waals surface area contributed by atoms with Gasteiger partial charge in [-0.3, -0.25) is 0 Å². The molecule has 3 heteroatoms. The van der Waals surface area contributed by atoms with Crippen molar-refractivity contribution in [2.45, 2.75) is 19.5 Å². The molecule has 78 valence electrons. The highest BCUT2D eigenvalue weighted by Crippen LogP contribution is 2.05. The summed E-state index contributed by atoms with van der Waals surface area (Å²) in [6, 6.07) is 7.01. The van der Waals surface area contributed by atoms with E-state index in [-0.39, 0.29) is 11.9 Å². The zero-order valence-corrected chi connectivity index (χ0v) is 8.59. The van der Waals surface area contributed by atoms with E-state index in [1.54, 1.807) is 19.2 Å². The SMILES string of the molecule is COCC(C)NCc1ccccc1F. The lowest BCUT2D eigenvalue weighted by molar-refractivity contribution is 0.171. The number of ether oxygens (including phenoxy) is 1. The summed E-state index contributed by atoms with van der Waals surface area (Å²) < 4.78 is 18.1. The molecule has 0 aliphatic carbocycles. The molecule has 1 atom stereocenters. The van der Waals surface area contributed by atoms with Crippen molar-refractivity contribution in [2.24, 2.45) is 0 Å². The highest BCUT2D eigenvalue weighted by Gasteiger charge is 2.03. The first kappa shape index (κ1) is 11.1. The standard InChI is InChI=1S/C11H16FNO/c1-9(8-14-2)13-7-10-5-3-4-6-11(10)12/h3-6,9,13H,7-8H2,1-2H3. The van der Waals surface area contributed by atoms with Gasteiger partial charge >= 0.3 is 0 Å². The molecule has 0 amide bonds. The zero-order chi connectivity index (χ0) is 10.4. The second-order valence-corrected chi connectivity index (χ2v) is 3.33. The molecule has 0 bridgehead atoms. The Morgan fingerprint density at radius 3 is 2.79 bits per heavy atom. The minimum Gasteiger partial charge on any atom is -0.383 e. The first-order valence-corrected chi connectivity index (χ1v) is 4.69. The molecule has 0 radical (unpaired) electrons. The van der Waals surface area contributed by atoms with E-state index in [2.05, 4.69) is 5.32 Å². The molecule has 0 aromatic heterocycles. The van der Waals surface area contributed by atoms with Crippen LogP contribution in [-0.2, 0) is 11.3 Å². The number of rotatable bonds is 5. The monoisotopic (exact) mass is 197 g/mol. The smallest absolute Gasteiger partial charge is 0.127 e. The van der Waals surface area contributed by atoms with Crippen LogP contribution in [0, 0.1) is 5.82 Å². The summed E-state index contributed by atoms with van der Waals surface area (Å²) in [6.45, 7) is 3.18. The van der Waals surface area contributed by atoms with Gasteiger partial charge in [-0.15, -0.1) is 0 Å². The van der Waals surface area contributed by atoms with Gasteiger partial charge in [0.05, 0.1) is 6.61 Å². The highest BCUT2D eigenvalue weighted by molar-refractivity contribution is 5.16. The Morgan fingerprint density at radius 1 is 1.43 bits per heavy atom. The van der Waals surface area contributed by atoms with Gasteiger partial charge in [0.2, 0.25) is 0 Å². The molecule has 0 spiro atoms. The van der Waals surface area contributed by atoms with Crippen molar-refractivity contribution in [3.8, 4) is 0 Å². The molecule has 1 N–H and O–H groups in total. The van der Waals surface area contributed by atoms with Crippen molar-refractivity contribution in [3.05, 3.63) is 35.6 Å². The van der Waals surface area contributed by atoms with Crippen LogP contribution in [-0.4, -0.2) is 19.8 Å². The maximum Gasteiger partial charge on any atom is 0.127 e. The van der Waals surface area contributed by atoms with Gasteiger partial charge in [0.25, 0.3) is 0 Å². The van der Waals surface area contributed by atoms with Gasteiger partial charge in [-0.05, 0) is 13.0 Å². The molecule has 1 rings (SSSR count). The van der Waals surface area contributed by atoms with Gasteiger partial charge in [-0.1, -0.05) is 18.2 Å². The lowest BCUT2D eigenvalue weighted by atomic mass is 10.2. The van der Waals surface area contributed by atoms with Gasteiger partial charge in [0, 0.05) is 25.3 Å². The van der Waals surface area contributed by atoms with E-state index in [1.807, 2.05) is 13.0 Å². The third-order valence-corrected chi connectivity index (χ3v) is 2.02. The average molecular weight is 197 g/mol. The van der Waals surface area contributed by atoms with Crippen molar-refractivity contribution < 1.29 is 9.13 Å². The summed E-state index contributed by atoms with van der Waals surface area (Å²) in [7, 11) is 1.65. The van der Waals surface area contributed by atoms with E-state index in [1.165, 1.54) is 6.07 Å². The minimum atomic E-state index is -0.162. The molecule has 0 aliphatic rings. The minimum absolute atomic E-state index is 0.162. The summed E-state index contributed by atoms with van der Waals surface area (Å²) in [5.74, 6) is -0.162. The molecular formula is C11H16FNO. The third-order valence-electron chi connectivity index (χ3n) is 2.02. The van der Waals surface area contributed by atoms with Gasteiger partial charge in [-0.25, -0.2) is 4.39 Å². The first-order chi connectivity index (χ1) is 6.74. The molecule has 1 aromatic rings. The lowest BCUT2D eigenvalue weighted by Gasteiger charge is -2.12. The fourth-order valence-corrected chi connectivity index (χ4v) is 1.23. The van der Waals surface area contributed by atoms with Crippen molar-refractivity contribution in [2.75, 3.05) is 13.7 Å². The van der Waals surface area contributed by atoms with Crippen LogP contribution in [0.1, 0.15) is 12.5 Å². The average Bonchev–Trinajstić information content (AvgIpc) is 2.17. The Bertz CT molecular complexity index is 278. The van der Waals surface area contributed by atoms with Crippen LogP contribution in [0.5, 0.6) is 0 Å². The van der Waals surface area contributed by atoms with Crippen LogP contribution in [0.15, 0.2) is 24.3 Å². The van der Waals surface area contributed by atoms with E-state index >= 15 is 0 Å². The van der Waals surface area contributed by atoms with Gasteiger partial charge < -0.3 is 10.1 Å². The molecule has 0 aliphatic heterocycles. The van der Waals surface area contributed by atoms with E-state index in [0.29, 0.717) is 18.7 Å². The normalized spacial score (nSPS) is 12.8. The Balaban J connectivity index is 2.41. The topological polar surface area (TPSA) is 21.3 Å². The molecule has 1 unspecified atom stereocenters. The van der Waals surface area contributed by atoms with E-state index < -0.39 is 0 Å². The van der Waals surface area contributed by atoms with E-state index in [4.69, 9.17) is 4.74 Å². The third kappa shape index (κ3) is 3.44. The Labute approximate surface area is 84.1 Å². The van der Waals surface area contributed by atoms with Crippen molar-refractivity contribution in [1.82, 2.24) is 5.32 Å². The predicted octanol–water partition coefficient (Wildman–Crippen LogP) is 1.95. The fraction of sp³-hybridized carbons (Fsp3) is 0.455. The maximum atomic E-state index is 13.2. The fourth-order valence-electron chi connectivity index (χ4n) is 1.23. The number of benzene rings is 1. The predicted molar refractivity (Wildman–Crippen MR) is 54.6 cm³/mol. The summed E-state index contributed by atoms with van der Waals surface area (Å²) in [5.41, 5.74) is 0.690. The quantitative estimate of drug-likeness (QED) is 0.779. The number of halogens is 1. The molecule has 0 saturated heterocycles. The lowest BCUT2D eigenvalue weighted by Crippen LogP contribution is -2.29. The molecule has 14 heavy (non-hydrogen) atoms. The molecule has 2 nitrogen and oxygen atoms in total. The summed E-state index contributed by atoms with van der Waals surface area (Å²) in [6.07, 6.45) is 0. The van der Waals surface area contributed by atoms with E-state index in [0.717, 1.165) is 0 Å². The summed E-state index contributed by atoms with van der Waals surface area (Å²) >= 11 is 0. The first-order valence-electron chi connectivity index (χ1n) is 4.69. The van der Waals surface area contributed by atoms with Crippen LogP contribution in [0.2, 0.25) is 0 Å². The molecule has 0 heterocycles. The van der Waals surface area contributed by atoms with E-state index in [9.17, 15) is 4.39 Å². The Kier molecular flexibility index (Phi) is 4.56. The number of methoxy groups -OCH3 is 1. The Morgan fingerprint density at radius 2 is 2.14 bits per heavy atom. The van der Waals surface area contributed by atoms with Gasteiger partial charge in [0.1, 0.15) is 5.82 Å². The van der Waals surface area contributed by atoms with Gasteiger partial charge in [0.15, 0.2) is 0 Å². The van der Waals surface area contributed by atoms with Crippen molar-refractivity contribution >= 4 is 0 Å². The van der Waals surface area contributed by atoms with Crippen LogP contribution in [0.3, 0.4) is 0 Å². The van der Waals surface area contributed by atoms with Crippen LogP contribution in [0.25, 0.3) is 0 Å². The zero-order valence-electron chi connectivity index (χ0n) is 8.59.